The van der Waals surface area contributed by atoms with Crippen LogP contribution in [-0.2, 0) is 4.79 Å². The molecule has 4 unspecified atom stereocenters. The maximum Gasteiger partial charge on any atom is 0.313 e. The average Bonchev–Trinajstić information content (AvgIpc) is 2.75. The number of imidazole rings is 1. The number of aryl methyl sites for hydroxylation is 1. The number of carboxylic acids is 1. The van der Waals surface area contributed by atoms with Crippen LogP contribution in [0.25, 0.3) is 0 Å². The number of thioether (sulfide) groups is 1. The lowest BCUT2D eigenvalue weighted by Crippen LogP contribution is -2.09. The van der Waals surface area contributed by atoms with Gasteiger partial charge in [0, 0.05) is 17.9 Å². The number of hydrogen-bond acceptors (Lipinski definition) is 3. The van der Waals surface area contributed by atoms with Gasteiger partial charge in [-0.25, -0.2) is 4.98 Å². The van der Waals surface area contributed by atoms with Gasteiger partial charge in [-0.15, -0.1) is 0 Å². The first-order chi connectivity index (χ1) is 9.16. The molecule has 3 saturated carbocycles. The SMILES string of the molecule is Cc1cnc(SCC(=O)O)n1C1C2C3CCC(C3)C21. The first kappa shape index (κ1) is 11.8. The van der Waals surface area contributed by atoms with Crippen molar-refractivity contribution in [2.45, 2.75) is 37.4 Å². The van der Waals surface area contributed by atoms with Crippen molar-refractivity contribution in [3.8, 4) is 0 Å². The molecule has 1 aromatic rings. The van der Waals surface area contributed by atoms with E-state index >= 15 is 0 Å². The van der Waals surface area contributed by atoms with E-state index in [0.717, 1.165) is 28.8 Å². The van der Waals surface area contributed by atoms with E-state index in [1.54, 1.807) is 0 Å². The molecule has 0 radical (unpaired) electrons. The van der Waals surface area contributed by atoms with Crippen molar-refractivity contribution >= 4 is 17.7 Å². The highest BCUT2D eigenvalue weighted by Crippen LogP contribution is 2.72. The summed E-state index contributed by atoms with van der Waals surface area (Å²) in [5.41, 5.74) is 1.19. The third-order valence-electron chi connectivity index (χ3n) is 5.27. The maximum atomic E-state index is 10.7. The molecule has 0 spiro atoms. The first-order valence-electron chi connectivity index (χ1n) is 7.05. The molecule has 2 bridgehead atoms. The van der Waals surface area contributed by atoms with Crippen LogP contribution in [0.3, 0.4) is 0 Å². The summed E-state index contributed by atoms with van der Waals surface area (Å²) in [5.74, 6) is 2.91. The Morgan fingerprint density at radius 2 is 2.16 bits per heavy atom. The minimum atomic E-state index is -0.770. The molecule has 0 saturated heterocycles. The summed E-state index contributed by atoms with van der Waals surface area (Å²) in [6, 6.07) is 0.616. The lowest BCUT2D eigenvalue weighted by molar-refractivity contribution is -0.133. The topological polar surface area (TPSA) is 55.1 Å². The molecule has 5 heteroatoms. The van der Waals surface area contributed by atoms with Crippen molar-refractivity contribution < 1.29 is 9.90 Å². The van der Waals surface area contributed by atoms with E-state index in [0.29, 0.717) is 6.04 Å². The number of aliphatic carboxylic acids is 1. The monoisotopic (exact) mass is 278 g/mol. The third-order valence-corrected chi connectivity index (χ3v) is 6.22. The van der Waals surface area contributed by atoms with Gasteiger partial charge >= 0.3 is 5.97 Å². The van der Waals surface area contributed by atoms with Gasteiger partial charge in [0.1, 0.15) is 0 Å². The van der Waals surface area contributed by atoms with Crippen LogP contribution >= 0.6 is 11.8 Å². The normalized spacial score (nSPS) is 38.5. The van der Waals surface area contributed by atoms with Gasteiger partial charge < -0.3 is 9.67 Å². The second-order valence-electron chi connectivity index (χ2n) is 6.21. The van der Waals surface area contributed by atoms with Gasteiger partial charge in [-0.05, 0) is 49.9 Å². The fourth-order valence-electron chi connectivity index (χ4n) is 4.64. The van der Waals surface area contributed by atoms with Crippen LogP contribution in [0, 0.1) is 30.6 Å². The van der Waals surface area contributed by atoms with Crippen molar-refractivity contribution in [1.82, 2.24) is 9.55 Å². The fourth-order valence-corrected chi connectivity index (χ4v) is 5.43. The van der Waals surface area contributed by atoms with Gasteiger partial charge in [-0.3, -0.25) is 4.79 Å². The Balaban J connectivity index is 1.59. The van der Waals surface area contributed by atoms with Crippen molar-refractivity contribution in [3.63, 3.8) is 0 Å². The van der Waals surface area contributed by atoms with Gasteiger partial charge in [-0.1, -0.05) is 11.8 Å². The Morgan fingerprint density at radius 1 is 1.47 bits per heavy atom. The molecule has 3 aliphatic rings. The molecular formula is C14H18N2O2S. The summed E-state index contributed by atoms with van der Waals surface area (Å²) in [6.07, 6.45) is 6.15. The molecule has 4 atom stereocenters. The molecule has 19 heavy (non-hydrogen) atoms. The van der Waals surface area contributed by atoms with Crippen LogP contribution in [0.4, 0.5) is 0 Å². The summed E-state index contributed by atoms with van der Waals surface area (Å²) in [4.78, 5) is 15.1. The van der Waals surface area contributed by atoms with Crippen LogP contribution in [0.1, 0.15) is 31.0 Å². The molecule has 1 heterocycles. The van der Waals surface area contributed by atoms with E-state index in [9.17, 15) is 4.79 Å². The molecule has 4 rings (SSSR count). The Labute approximate surface area is 116 Å². The number of hydrogen-bond donors (Lipinski definition) is 1. The summed E-state index contributed by atoms with van der Waals surface area (Å²) in [5, 5.41) is 9.73. The van der Waals surface area contributed by atoms with E-state index in [2.05, 4.69) is 16.5 Å². The predicted molar refractivity (Wildman–Crippen MR) is 72.2 cm³/mol. The zero-order valence-corrected chi connectivity index (χ0v) is 11.8. The summed E-state index contributed by atoms with van der Waals surface area (Å²) >= 11 is 1.36. The van der Waals surface area contributed by atoms with E-state index in [1.807, 2.05) is 6.20 Å². The van der Waals surface area contributed by atoms with Crippen molar-refractivity contribution in [2.75, 3.05) is 5.75 Å². The minimum Gasteiger partial charge on any atom is -0.481 e. The standard InChI is InChI=1S/C14H18N2O2S/c1-7-5-15-14(19-6-10(17)18)16(7)13-11-8-2-3-9(4-8)12(11)13/h5,8-9,11-13H,2-4,6H2,1H3,(H,17,18). The van der Waals surface area contributed by atoms with Gasteiger partial charge in [0.05, 0.1) is 5.75 Å². The number of aromatic nitrogens is 2. The van der Waals surface area contributed by atoms with Crippen LogP contribution in [-0.4, -0.2) is 26.4 Å². The van der Waals surface area contributed by atoms with E-state index in [-0.39, 0.29) is 5.75 Å². The molecule has 0 amide bonds. The molecule has 0 aliphatic heterocycles. The summed E-state index contributed by atoms with van der Waals surface area (Å²) in [6.45, 7) is 2.09. The largest absolute Gasteiger partial charge is 0.481 e. The van der Waals surface area contributed by atoms with Gasteiger partial charge in [0.2, 0.25) is 0 Å². The second-order valence-corrected chi connectivity index (χ2v) is 7.16. The Morgan fingerprint density at radius 3 is 2.79 bits per heavy atom. The first-order valence-corrected chi connectivity index (χ1v) is 8.04. The molecular weight excluding hydrogens is 260 g/mol. The molecule has 0 aromatic carbocycles. The lowest BCUT2D eigenvalue weighted by atomic mass is 10.0. The zero-order valence-electron chi connectivity index (χ0n) is 11.0. The lowest BCUT2D eigenvalue weighted by Gasteiger charge is -2.14. The Hall–Kier alpha value is -0.970. The fraction of sp³-hybridized carbons (Fsp3) is 0.714. The summed E-state index contributed by atoms with van der Waals surface area (Å²) < 4.78 is 2.33. The quantitative estimate of drug-likeness (QED) is 0.860. The average molecular weight is 278 g/mol. The van der Waals surface area contributed by atoms with Crippen LogP contribution in [0.15, 0.2) is 11.4 Å². The van der Waals surface area contributed by atoms with Gasteiger partial charge in [-0.2, -0.15) is 0 Å². The number of carboxylic acid groups (broad SMARTS) is 1. The number of fused-ring (bicyclic) bond motifs is 5. The highest BCUT2D eigenvalue weighted by atomic mass is 32.2. The molecule has 3 fully saturated rings. The van der Waals surface area contributed by atoms with Crippen molar-refractivity contribution in [1.29, 1.82) is 0 Å². The molecule has 102 valence electrons. The Bertz CT molecular complexity index is 526. The molecule has 4 nitrogen and oxygen atoms in total. The Kier molecular flexibility index (Phi) is 2.50. The second kappa shape index (κ2) is 4.01. The number of carbonyl (C=O) groups is 1. The highest BCUT2D eigenvalue weighted by molar-refractivity contribution is 7.99. The van der Waals surface area contributed by atoms with E-state index in [4.69, 9.17) is 5.11 Å². The maximum absolute atomic E-state index is 10.7. The van der Waals surface area contributed by atoms with Crippen molar-refractivity contribution in [3.05, 3.63) is 11.9 Å². The van der Waals surface area contributed by atoms with Crippen molar-refractivity contribution in [2.24, 2.45) is 23.7 Å². The van der Waals surface area contributed by atoms with Crippen LogP contribution in [0.5, 0.6) is 0 Å². The number of rotatable bonds is 4. The van der Waals surface area contributed by atoms with E-state index in [1.165, 1.54) is 36.7 Å². The molecule has 3 aliphatic carbocycles. The third kappa shape index (κ3) is 1.67. The summed E-state index contributed by atoms with van der Waals surface area (Å²) in [7, 11) is 0. The smallest absolute Gasteiger partial charge is 0.313 e. The number of nitrogens with zero attached hydrogens (tertiary/aromatic N) is 2. The molecule has 1 aromatic heterocycles. The van der Waals surface area contributed by atoms with Crippen LogP contribution in [0.2, 0.25) is 0 Å². The van der Waals surface area contributed by atoms with Gasteiger partial charge in [0.25, 0.3) is 0 Å². The van der Waals surface area contributed by atoms with Crippen LogP contribution < -0.4 is 0 Å². The minimum absolute atomic E-state index is 0.103. The van der Waals surface area contributed by atoms with E-state index < -0.39 is 5.97 Å². The predicted octanol–water partition coefficient (Wildman–Crippen LogP) is 2.59. The molecule has 1 N–H and O–H groups in total. The van der Waals surface area contributed by atoms with Gasteiger partial charge in [0.15, 0.2) is 5.16 Å². The highest BCUT2D eigenvalue weighted by Gasteiger charge is 2.66. The zero-order chi connectivity index (χ0) is 13.1.